The van der Waals surface area contributed by atoms with Crippen molar-refractivity contribution in [2.75, 3.05) is 6.54 Å². The van der Waals surface area contributed by atoms with E-state index in [9.17, 15) is 0 Å². The lowest BCUT2D eigenvalue weighted by Gasteiger charge is -1.95. The lowest BCUT2D eigenvalue weighted by Crippen LogP contribution is -2.02. The van der Waals surface area contributed by atoms with Gasteiger partial charge in [-0.3, -0.25) is 0 Å². The molecule has 0 aliphatic rings. The fourth-order valence-corrected chi connectivity index (χ4v) is 1.26. The average molecular weight is 192 g/mol. The van der Waals surface area contributed by atoms with Gasteiger partial charge in [0, 0.05) is 26.2 Å². The maximum absolute atomic E-state index is 5.43. The van der Waals surface area contributed by atoms with Crippen LogP contribution in [0.25, 0.3) is 11.6 Å². The molecule has 2 aromatic rings. The first-order valence-electron chi connectivity index (χ1n) is 4.45. The number of aromatic nitrogens is 3. The van der Waals surface area contributed by atoms with Gasteiger partial charge in [-0.25, -0.2) is 0 Å². The highest BCUT2D eigenvalue weighted by Gasteiger charge is 2.09. The lowest BCUT2D eigenvalue weighted by atomic mass is 10.4. The summed E-state index contributed by atoms with van der Waals surface area (Å²) in [5.74, 6) is 1.13. The molecular weight excluding hydrogens is 180 g/mol. The smallest absolute Gasteiger partial charge is 0.264 e. The Morgan fingerprint density at radius 3 is 3.00 bits per heavy atom. The monoisotopic (exact) mass is 192 g/mol. The van der Waals surface area contributed by atoms with E-state index in [4.69, 9.17) is 10.2 Å². The third-order valence-electron chi connectivity index (χ3n) is 1.99. The molecule has 0 atom stereocenters. The van der Waals surface area contributed by atoms with Crippen LogP contribution in [0.4, 0.5) is 0 Å². The van der Waals surface area contributed by atoms with Gasteiger partial charge in [0.25, 0.3) is 5.89 Å². The molecule has 74 valence electrons. The van der Waals surface area contributed by atoms with Crippen LogP contribution in [-0.2, 0) is 13.5 Å². The van der Waals surface area contributed by atoms with Crippen LogP contribution in [0, 0.1) is 0 Å². The van der Waals surface area contributed by atoms with Gasteiger partial charge in [0.2, 0.25) is 5.89 Å². The largest absolute Gasteiger partial charge is 0.419 e. The second-order valence-electron chi connectivity index (χ2n) is 3.04. The van der Waals surface area contributed by atoms with E-state index in [0.717, 1.165) is 5.69 Å². The molecule has 0 spiro atoms. The summed E-state index contributed by atoms with van der Waals surface area (Å²) in [5, 5.41) is 7.84. The standard InChI is InChI=1S/C9H12N4O/c1-13-6-2-3-7(13)9-12-11-8(14-9)4-5-10/h2-3,6H,4-5,10H2,1H3. The van der Waals surface area contributed by atoms with Crippen LogP contribution in [0.5, 0.6) is 0 Å². The number of nitrogens with zero attached hydrogens (tertiary/aromatic N) is 3. The lowest BCUT2D eigenvalue weighted by molar-refractivity contribution is 0.504. The van der Waals surface area contributed by atoms with Gasteiger partial charge in [0.15, 0.2) is 0 Å². The van der Waals surface area contributed by atoms with Crippen molar-refractivity contribution in [3.05, 3.63) is 24.2 Å². The van der Waals surface area contributed by atoms with E-state index in [-0.39, 0.29) is 0 Å². The first-order valence-corrected chi connectivity index (χ1v) is 4.45. The SMILES string of the molecule is Cn1cccc1-c1nnc(CCN)o1. The molecule has 0 amide bonds. The van der Waals surface area contributed by atoms with Gasteiger partial charge >= 0.3 is 0 Å². The summed E-state index contributed by atoms with van der Waals surface area (Å²) in [4.78, 5) is 0. The maximum Gasteiger partial charge on any atom is 0.264 e. The van der Waals surface area contributed by atoms with Crippen molar-refractivity contribution in [2.24, 2.45) is 12.8 Å². The zero-order valence-electron chi connectivity index (χ0n) is 7.97. The molecule has 2 N–H and O–H groups in total. The van der Waals surface area contributed by atoms with E-state index in [1.54, 1.807) is 0 Å². The molecule has 0 aliphatic carbocycles. The Balaban J connectivity index is 2.29. The van der Waals surface area contributed by atoms with Gasteiger partial charge in [-0.15, -0.1) is 10.2 Å². The third-order valence-corrected chi connectivity index (χ3v) is 1.99. The van der Waals surface area contributed by atoms with Crippen molar-refractivity contribution in [3.8, 4) is 11.6 Å². The van der Waals surface area contributed by atoms with Crippen molar-refractivity contribution >= 4 is 0 Å². The fraction of sp³-hybridized carbons (Fsp3) is 0.333. The minimum Gasteiger partial charge on any atom is -0.419 e. The van der Waals surface area contributed by atoms with Gasteiger partial charge in [0.1, 0.15) is 5.69 Å². The number of rotatable bonds is 3. The quantitative estimate of drug-likeness (QED) is 0.772. The Bertz CT molecular complexity index is 418. The highest BCUT2D eigenvalue weighted by Crippen LogP contribution is 2.17. The number of hydrogen-bond acceptors (Lipinski definition) is 4. The normalized spacial score (nSPS) is 10.7. The highest BCUT2D eigenvalue weighted by atomic mass is 16.4. The van der Waals surface area contributed by atoms with Crippen LogP contribution in [-0.4, -0.2) is 21.3 Å². The van der Waals surface area contributed by atoms with Crippen LogP contribution in [0.2, 0.25) is 0 Å². The molecular formula is C9H12N4O. The van der Waals surface area contributed by atoms with Crippen molar-refractivity contribution < 1.29 is 4.42 Å². The van der Waals surface area contributed by atoms with Crippen molar-refractivity contribution in [3.63, 3.8) is 0 Å². The van der Waals surface area contributed by atoms with Gasteiger partial charge in [-0.05, 0) is 12.1 Å². The fourth-order valence-electron chi connectivity index (χ4n) is 1.26. The summed E-state index contributed by atoms with van der Waals surface area (Å²) in [7, 11) is 1.93. The molecule has 0 fully saturated rings. The second-order valence-corrected chi connectivity index (χ2v) is 3.04. The molecule has 0 aromatic carbocycles. The van der Waals surface area contributed by atoms with E-state index in [1.807, 2.05) is 29.9 Å². The molecule has 2 heterocycles. The second kappa shape index (κ2) is 3.63. The van der Waals surface area contributed by atoms with Crippen LogP contribution in [0.15, 0.2) is 22.7 Å². The number of nitrogens with two attached hydrogens (primary N) is 1. The van der Waals surface area contributed by atoms with E-state index >= 15 is 0 Å². The average Bonchev–Trinajstić information content (AvgIpc) is 2.74. The van der Waals surface area contributed by atoms with Crippen molar-refractivity contribution in [2.45, 2.75) is 6.42 Å². The van der Waals surface area contributed by atoms with Crippen LogP contribution in [0.3, 0.4) is 0 Å². The topological polar surface area (TPSA) is 69.9 Å². The summed E-state index contributed by atoms with van der Waals surface area (Å²) in [6.45, 7) is 0.523. The maximum atomic E-state index is 5.43. The molecule has 5 nitrogen and oxygen atoms in total. The minimum absolute atomic E-state index is 0.523. The molecule has 2 rings (SSSR count). The van der Waals surface area contributed by atoms with Crippen molar-refractivity contribution in [1.82, 2.24) is 14.8 Å². The van der Waals surface area contributed by atoms with Gasteiger partial charge in [-0.1, -0.05) is 0 Å². The van der Waals surface area contributed by atoms with Crippen LogP contribution in [0.1, 0.15) is 5.89 Å². The van der Waals surface area contributed by atoms with Crippen LogP contribution < -0.4 is 5.73 Å². The first-order chi connectivity index (χ1) is 6.81. The highest BCUT2D eigenvalue weighted by molar-refractivity contribution is 5.47. The molecule has 0 bridgehead atoms. The molecule has 0 saturated carbocycles. The van der Waals surface area contributed by atoms with E-state index in [0.29, 0.717) is 24.7 Å². The third kappa shape index (κ3) is 1.54. The summed E-state index contributed by atoms with van der Waals surface area (Å²) in [6, 6.07) is 3.86. The summed E-state index contributed by atoms with van der Waals surface area (Å²) < 4.78 is 7.36. The van der Waals surface area contributed by atoms with Crippen molar-refractivity contribution in [1.29, 1.82) is 0 Å². The van der Waals surface area contributed by atoms with Gasteiger partial charge in [0.05, 0.1) is 0 Å². The minimum atomic E-state index is 0.523. The number of aryl methyl sites for hydroxylation is 1. The Labute approximate surface area is 81.5 Å². The van der Waals surface area contributed by atoms with Crippen LogP contribution >= 0.6 is 0 Å². The van der Waals surface area contributed by atoms with E-state index in [2.05, 4.69) is 10.2 Å². The molecule has 5 heteroatoms. The Hall–Kier alpha value is -1.62. The summed E-state index contributed by atoms with van der Waals surface area (Å²) in [5.41, 5.74) is 6.30. The number of hydrogen-bond donors (Lipinski definition) is 1. The van der Waals surface area contributed by atoms with Gasteiger partial charge < -0.3 is 14.7 Å². The Kier molecular flexibility index (Phi) is 2.32. The zero-order chi connectivity index (χ0) is 9.97. The van der Waals surface area contributed by atoms with E-state index in [1.165, 1.54) is 0 Å². The predicted octanol–water partition coefficient (Wildman–Crippen LogP) is 0.576. The Morgan fingerprint density at radius 1 is 1.50 bits per heavy atom. The Morgan fingerprint density at radius 2 is 2.36 bits per heavy atom. The molecule has 0 aliphatic heterocycles. The molecule has 2 aromatic heterocycles. The molecule has 0 saturated heterocycles. The summed E-state index contributed by atoms with van der Waals surface area (Å²) >= 11 is 0. The predicted molar refractivity (Wildman–Crippen MR) is 51.5 cm³/mol. The van der Waals surface area contributed by atoms with Gasteiger partial charge in [-0.2, -0.15) is 0 Å². The zero-order valence-corrected chi connectivity index (χ0v) is 7.97. The first kappa shape index (κ1) is 8.96. The molecule has 0 radical (unpaired) electrons. The van der Waals surface area contributed by atoms with E-state index < -0.39 is 0 Å². The molecule has 14 heavy (non-hydrogen) atoms. The molecule has 0 unspecified atom stereocenters. The summed E-state index contributed by atoms with van der Waals surface area (Å²) in [6.07, 6.45) is 2.56.